The number of aromatic amines is 1. The first-order chi connectivity index (χ1) is 11.6. The van der Waals surface area contributed by atoms with Gasteiger partial charge in [-0.05, 0) is 24.5 Å². The van der Waals surface area contributed by atoms with Crippen molar-refractivity contribution in [1.82, 2.24) is 15.2 Å². The molecule has 5 nitrogen and oxygen atoms in total. The minimum Gasteiger partial charge on any atom is -0.361 e. The van der Waals surface area contributed by atoms with Crippen molar-refractivity contribution in [2.75, 3.05) is 19.6 Å². The number of para-hydroxylation sites is 1. The van der Waals surface area contributed by atoms with Crippen LogP contribution in [0.25, 0.3) is 10.9 Å². The number of rotatable bonds is 9. The zero-order valence-corrected chi connectivity index (χ0v) is 14.6. The van der Waals surface area contributed by atoms with E-state index in [0.717, 1.165) is 31.2 Å². The number of H-pyrrole nitrogens is 1. The molecule has 0 aliphatic heterocycles. The third kappa shape index (κ3) is 5.11. The summed E-state index contributed by atoms with van der Waals surface area (Å²) in [6.45, 7) is 5.01. The Morgan fingerprint density at radius 1 is 1.21 bits per heavy atom. The second kappa shape index (κ2) is 9.11. The fraction of sp³-hybridized carbons (Fsp3) is 0.474. The predicted octanol–water partition coefficient (Wildman–Crippen LogP) is 2.87. The molecule has 0 bridgehead atoms. The van der Waals surface area contributed by atoms with E-state index in [2.05, 4.69) is 23.3 Å². The summed E-state index contributed by atoms with van der Waals surface area (Å²) < 4.78 is 0. The van der Waals surface area contributed by atoms with Gasteiger partial charge in [0.25, 0.3) is 0 Å². The van der Waals surface area contributed by atoms with Crippen LogP contribution in [-0.2, 0) is 16.0 Å². The van der Waals surface area contributed by atoms with Crippen molar-refractivity contribution in [3.05, 3.63) is 36.0 Å². The Kier molecular flexibility index (Phi) is 6.85. The molecule has 2 N–H and O–H groups in total. The molecule has 0 saturated heterocycles. The minimum absolute atomic E-state index is 0.0436. The lowest BCUT2D eigenvalue weighted by molar-refractivity contribution is -0.134. The van der Waals surface area contributed by atoms with Crippen LogP contribution in [0.4, 0.5) is 0 Å². The first-order valence-corrected chi connectivity index (χ1v) is 8.69. The molecule has 1 heterocycles. The van der Waals surface area contributed by atoms with Crippen LogP contribution in [0, 0.1) is 0 Å². The Morgan fingerprint density at radius 2 is 2.00 bits per heavy atom. The van der Waals surface area contributed by atoms with E-state index in [9.17, 15) is 9.59 Å². The maximum Gasteiger partial charge on any atom is 0.239 e. The number of hydrogen-bond acceptors (Lipinski definition) is 2. The number of hydrogen-bond donors (Lipinski definition) is 2. The molecular weight excluding hydrogens is 302 g/mol. The number of carbonyl (C=O) groups is 2. The van der Waals surface area contributed by atoms with E-state index in [1.165, 1.54) is 17.9 Å². The van der Waals surface area contributed by atoms with Crippen molar-refractivity contribution in [2.45, 2.75) is 39.5 Å². The molecule has 0 aliphatic rings. The zero-order chi connectivity index (χ0) is 17.4. The third-order valence-electron chi connectivity index (χ3n) is 4.20. The van der Waals surface area contributed by atoms with E-state index in [0.29, 0.717) is 13.1 Å². The highest BCUT2D eigenvalue weighted by atomic mass is 16.2. The van der Waals surface area contributed by atoms with Crippen molar-refractivity contribution in [1.29, 1.82) is 0 Å². The zero-order valence-electron chi connectivity index (χ0n) is 14.6. The number of unbranched alkanes of at least 4 members (excludes halogenated alkanes) is 2. The van der Waals surface area contributed by atoms with E-state index in [1.807, 2.05) is 24.4 Å². The minimum atomic E-state index is -0.0958. The molecule has 130 valence electrons. The van der Waals surface area contributed by atoms with Crippen LogP contribution in [0.2, 0.25) is 0 Å². The number of benzene rings is 1. The van der Waals surface area contributed by atoms with Gasteiger partial charge in [-0.2, -0.15) is 0 Å². The molecule has 0 fully saturated rings. The molecule has 5 heteroatoms. The molecule has 0 atom stereocenters. The van der Waals surface area contributed by atoms with Gasteiger partial charge in [-0.25, -0.2) is 0 Å². The average molecular weight is 329 g/mol. The predicted molar refractivity (Wildman–Crippen MR) is 96.8 cm³/mol. The van der Waals surface area contributed by atoms with E-state index in [1.54, 1.807) is 4.90 Å². The maximum atomic E-state index is 12.1. The standard InChI is InChI=1S/C19H27N3O2/c1-3-4-7-12-22(15(2)23)14-19(24)20-11-10-16-13-21-18-9-6-5-8-17(16)18/h5-6,8-9,13,21H,3-4,7,10-12,14H2,1-2H3,(H,20,24). The third-order valence-corrected chi connectivity index (χ3v) is 4.20. The Morgan fingerprint density at radius 3 is 2.75 bits per heavy atom. The van der Waals surface area contributed by atoms with E-state index >= 15 is 0 Å². The van der Waals surface area contributed by atoms with Crippen molar-refractivity contribution < 1.29 is 9.59 Å². The summed E-state index contributed by atoms with van der Waals surface area (Å²) in [5.74, 6) is -0.139. The van der Waals surface area contributed by atoms with Gasteiger partial charge in [-0.3, -0.25) is 9.59 Å². The highest BCUT2D eigenvalue weighted by molar-refractivity contribution is 5.84. The summed E-state index contributed by atoms with van der Waals surface area (Å²) >= 11 is 0. The molecule has 0 saturated carbocycles. The number of carbonyl (C=O) groups excluding carboxylic acids is 2. The quantitative estimate of drug-likeness (QED) is 0.695. The van der Waals surface area contributed by atoms with Gasteiger partial charge >= 0.3 is 0 Å². The van der Waals surface area contributed by atoms with Gasteiger partial charge in [-0.1, -0.05) is 38.0 Å². The molecule has 0 spiro atoms. The lowest BCUT2D eigenvalue weighted by Gasteiger charge is -2.20. The van der Waals surface area contributed by atoms with Crippen molar-refractivity contribution in [3.63, 3.8) is 0 Å². The molecule has 1 aromatic heterocycles. The van der Waals surface area contributed by atoms with E-state index in [-0.39, 0.29) is 18.4 Å². The van der Waals surface area contributed by atoms with Gasteiger partial charge in [0.1, 0.15) is 0 Å². The second-order valence-electron chi connectivity index (χ2n) is 6.11. The van der Waals surface area contributed by atoms with Crippen LogP contribution in [0.1, 0.15) is 38.7 Å². The summed E-state index contributed by atoms with van der Waals surface area (Å²) in [6.07, 6.45) is 5.88. The Labute approximate surface area is 143 Å². The average Bonchev–Trinajstić information content (AvgIpc) is 2.97. The Bertz CT molecular complexity index is 678. The first-order valence-electron chi connectivity index (χ1n) is 8.69. The lowest BCUT2D eigenvalue weighted by Crippen LogP contribution is -2.40. The highest BCUT2D eigenvalue weighted by Crippen LogP contribution is 2.17. The van der Waals surface area contributed by atoms with E-state index < -0.39 is 0 Å². The fourth-order valence-electron chi connectivity index (χ4n) is 2.80. The molecule has 1 aromatic carbocycles. The van der Waals surface area contributed by atoms with Gasteiger partial charge in [0.15, 0.2) is 0 Å². The summed E-state index contributed by atoms with van der Waals surface area (Å²) in [5, 5.41) is 4.11. The number of nitrogens with one attached hydrogen (secondary N) is 2. The molecular formula is C19H27N3O2. The van der Waals surface area contributed by atoms with Crippen LogP contribution in [0.15, 0.2) is 30.5 Å². The SMILES string of the molecule is CCCCCN(CC(=O)NCCc1c[nH]c2ccccc12)C(C)=O. The summed E-state index contributed by atoms with van der Waals surface area (Å²) in [6, 6.07) is 8.13. The number of nitrogens with zero attached hydrogens (tertiary/aromatic N) is 1. The van der Waals surface area contributed by atoms with Crippen LogP contribution in [0.5, 0.6) is 0 Å². The topological polar surface area (TPSA) is 65.2 Å². The molecule has 2 aromatic rings. The number of amides is 2. The fourth-order valence-corrected chi connectivity index (χ4v) is 2.80. The van der Waals surface area contributed by atoms with Crippen molar-refractivity contribution >= 4 is 22.7 Å². The van der Waals surface area contributed by atoms with Gasteiger partial charge < -0.3 is 15.2 Å². The number of fused-ring (bicyclic) bond motifs is 1. The van der Waals surface area contributed by atoms with Gasteiger partial charge in [0, 0.05) is 37.1 Å². The second-order valence-corrected chi connectivity index (χ2v) is 6.11. The molecule has 24 heavy (non-hydrogen) atoms. The molecule has 0 aliphatic carbocycles. The Hall–Kier alpha value is -2.30. The van der Waals surface area contributed by atoms with Crippen molar-refractivity contribution in [2.24, 2.45) is 0 Å². The van der Waals surface area contributed by atoms with Crippen LogP contribution in [0.3, 0.4) is 0 Å². The normalized spacial score (nSPS) is 10.8. The van der Waals surface area contributed by atoms with Gasteiger partial charge in [-0.15, -0.1) is 0 Å². The summed E-state index contributed by atoms with van der Waals surface area (Å²) in [4.78, 5) is 28.6. The summed E-state index contributed by atoms with van der Waals surface area (Å²) in [5.41, 5.74) is 2.30. The molecule has 2 rings (SSSR count). The van der Waals surface area contributed by atoms with Gasteiger partial charge in [0.05, 0.1) is 6.54 Å². The lowest BCUT2D eigenvalue weighted by atomic mass is 10.1. The van der Waals surface area contributed by atoms with Crippen LogP contribution < -0.4 is 5.32 Å². The monoisotopic (exact) mass is 329 g/mol. The highest BCUT2D eigenvalue weighted by Gasteiger charge is 2.13. The number of aromatic nitrogens is 1. The molecule has 0 unspecified atom stereocenters. The summed E-state index contributed by atoms with van der Waals surface area (Å²) in [7, 11) is 0. The van der Waals surface area contributed by atoms with E-state index in [4.69, 9.17) is 0 Å². The van der Waals surface area contributed by atoms with Gasteiger partial charge in [0.2, 0.25) is 11.8 Å². The van der Waals surface area contributed by atoms with Crippen LogP contribution in [-0.4, -0.2) is 41.3 Å². The van der Waals surface area contributed by atoms with Crippen LogP contribution >= 0.6 is 0 Å². The van der Waals surface area contributed by atoms with Crippen molar-refractivity contribution in [3.8, 4) is 0 Å². The Balaban J connectivity index is 1.78. The largest absolute Gasteiger partial charge is 0.361 e. The smallest absolute Gasteiger partial charge is 0.239 e. The molecule has 2 amide bonds. The molecule has 0 radical (unpaired) electrons. The first kappa shape index (κ1) is 18.0. The maximum absolute atomic E-state index is 12.1.